The Balaban J connectivity index is 2.54. The second-order valence-electron chi connectivity index (χ2n) is 4.40. The summed E-state index contributed by atoms with van der Waals surface area (Å²) in [4.78, 5) is 9.15. The van der Waals surface area contributed by atoms with E-state index in [1.165, 1.54) is 6.07 Å². The molecule has 0 radical (unpaired) electrons. The minimum atomic E-state index is -4.85. The Morgan fingerprint density at radius 3 is 2.33 bits per heavy atom. The van der Waals surface area contributed by atoms with Crippen LogP contribution in [-0.4, -0.2) is 13.3 Å². The van der Waals surface area contributed by atoms with E-state index in [4.69, 9.17) is 0 Å². The zero-order valence-electron chi connectivity index (χ0n) is 11.5. The number of halogens is 4. The van der Waals surface area contributed by atoms with Gasteiger partial charge < -0.3 is 4.18 Å². The van der Waals surface area contributed by atoms with Gasteiger partial charge in [0.2, 0.25) is 0 Å². The highest BCUT2D eigenvalue weighted by molar-refractivity contribution is 9.10. The first kappa shape index (κ1) is 18.2. The van der Waals surface area contributed by atoms with Crippen molar-refractivity contribution in [2.24, 2.45) is 0 Å². The van der Waals surface area contributed by atoms with Gasteiger partial charge in [-0.05, 0) is 24.3 Å². The van der Waals surface area contributed by atoms with Crippen molar-refractivity contribution in [3.05, 3.63) is 62.6 Å². The van der Waals surface area contributed by atoms with Gasteiger partial charge >= 0.3 is 16.3 Å². The molecule has 128 valence electrons. The molecule has 24 heavy (non-hydrogen) atoms. The lowest BCUT2D eigenvalue weighted by Crippen LogP contribution is -2.15. The molecule has 0 aliphatic rings. The summed E-state index contributed by atoms with van der Waals surface area (Å²) in [6.45, 7) is 0. The summed E-state index contributed by atoms with van der Waals surface area (Å²) in [6.07, 6.45) is -4.85. The molecule has 0 bridgehead atoms. The second kappa shape index (κ2) is 6.40. The molecule has 2 aromatic carbocycles. The molecule has 6 nitrogen and oxygen atoms in total. The number of para-hydroxylation sites is 1. The van der Waals surface area contributed by atoms with Crippen molar-refractivity contribution in [1.29, 1.82) is 0 Å². The minimum absolute atomic E-state index is 0.226. The summed E-state index contributed by atoms with van der Waals surface area (Å²) in [5, 5.41) is 11.0. The maximum absolute atomic E-state index is 12.9. The van der Waals surface area contributed by atoms with Gasteiger partial charge in [0.25, 0.3) is 5.69 Å². The molecule has 0 unspecified atom stereocenters. The molecule has 0 N–H and O–H groups in total. The fraction of sp³-hybridized carbons (Fsp3) is 0.0769. The lowest BCUT2D eigenvalue weighted by atomic mass is 10.2. The molecule has 0 saturated heterocycles. The zero-order valence-corrected chi connectivity index (χ0v) is 13.9. The standard InChI is InChI=1S/C13H7BrF3NO5S/c14-8-5-6-12(10(7-8)18(19)20)24(21,22)23-11-4-2-1-3-9(11)13(15,16)17/h1-7H. The monoisotopic (exact) mass is 425 g/mol. The molecule has 0 aromatic heterocycles. The van der Waals surface area contributed by atoms with E-state index in [2.05, 4.69) is 20.1 Å². The first-order valence-corrected chi connectivity index (χ1v) is 8.27. The zero-order chi connectivity index (χ0) is 18.1. The van der Waals surface area contributed by atoms with Crippen molar-refractivity contribution >= 4 is 31.7 Å². The number of nitro groups is 1. The first-order valence-electron chi connectivity index (χ1n) is 6.07. The van der Waals surface area contributed by atoms with Gasteiger partial charge in [0.15, 0.2) is 10.6 Å². The molecule has 2 rings (SSSR count). The fourth-order valence-corrected chi connectivity index (χ4v) is 3.23. The van der Waals surface area contributed by atoms with Gasteiger partial charge in [0.1, 0.15) is 0 Å². The summed E-state index contributed by atoms with van der Waals surface area (Å²) in [5.41, 5.74) is -2.14. The lowest BCUT2D eigenvalue weighted by molar-refractivity contribution is -0.388. The molecule has 0 saturated carbocycles. The summed E-state index contributed by atoms with van der Waals surface area (Å²) in [5.74, 6) is -0.970. The van der Waals surface area contributed by atoms with E-state index in [-0.39, 0.29) is 4.47 Å². The van der Waals surface area contributed by atoms with Crippen LogP contribution in [0.15, 0.2) is 51.8 Å². The molecule has 0 fully saturated rings. The average Bonchev–Trinajstić information content (AvgIpc) is 2.45. The van der Waals surface area contributed by atoms with Gasteiger partial charge in [-0.2, -0.15) is 21.6 Å². The molecular weight excluding hydrogens is 419 g/mol. The summed E-state index contributed by atoms with van der Waals surface area (Å²) in [7, 11) is -4.85. The highest BCUT2D eigenvalue weighted by Crippen LogP contribution is 2.38. The van der Waals surface area contributed by atoms with E-state index in [9.17, 15) is 31.7 Å². The SMILES string of the molecule is O=[N+]([O-])c1cc(Br)ccc1S(=O)(=O)Oc1ccccc1C(F)(F)F. The number of hydrogen-bond donors (Lipinski definition) is 0. The van der Waals surface area contributed by atoms with Crippen LogP contribution in [0, 0.1) is 10.1 Å². The lowest BCUT2D eigenvalue weighted by Gasteiger charge is -2.13. The molecule has 0 heterocycles. The van der Waals surface area contributed by atoms with E-state index in [0.717, 1.165) is 30.3 Å². The van der Waals surface area contributed by atoms with Gasteiger partial charge in [-0.3, -0.25) is 10.1 Å². The maximum atomic E-state index is 12.9. The van der Waals surface area contributed by atoms with Crippen molar-refractivity contribution < 1.29 is 30.7 Å². The predicted molar refractivity (Wildman–Crippen MR) is 80.1 cm³/mol. The van der Waals surface area contributed by atoms with Crippen molar-refractivity contribution in [3.63, 3.8) is 0 Å². The van der Waals surface area contributed by atoms with Gasteiger partial charge in [-0.25, -0.2) is 0 Å². The average molecular weight is 426 g/mol. The predicted octanol–water partition coefficient (Wildman–Crippen LogP) is 4.14. The van der Waals surface area contributed by atoms with Crippen molar-refractivity contribution in [3.8, 4) is 5.75 Å². The topological polar surface area (TPSA) is 86.5 Å². The number of alkyl halides is 3. The van der Waals surface area contributed by atoms with Crippen LogP contribution in [0.25, 0.3) is 0 Å². The number of hydrogen-bond acceptors (Lipinski definition) is 5. The molecule has 2 aromatic rings. The Hall–Kier alpha value is -2.14. The fourth-order valence-electron chi connectivity index (χ4n) is 1.78. The summed E-state index contributed by atoms with van der Waals surface area (Å²) in [6, 6.07) is 6.63. The van der Waals surface area contributed by atoms with Crippen molar-refractivity contribution in [2.75, 3.05) is 0 Å². The first-order chi connectivity index (χ1) is 11.0. The van der Waals surface area contributed by atoms with E-state index in [1.807, 2.05) is 0 Å². The second-order valence-corrected chi connectivity index (χ2v) is 6.83. The van der Waals surface area contributed by atoms with E-state index in [0.29, 0.717) is 6.07 Å². The molecular formula is C13H7BrF3NO5S. The number of nitro benzene ring substituents is 1. The summed E-state index contributed by atoms with van der Waals surface area (Å²) >= 11 is 2.95. The quantitative estimate of drug-likeness (QED) is 0.417. The van der Waals surface area contributed by atoms with Crippen LogP contribution in [-0.2, 0) is 16.3 Å². The third kappa shape index (κ3) is 3.85. The van der Waals surface area contributed by atoms with E-state index in [1.54, 1.807) is 0 Å². The van der Waals surface area contributed by atoms with E-state index >= 15 is 0 Å². The van der Waals surface area contributed by atoms with Crippen molar-refractivity contribution in [2.45, 2.75) is 11.1 Å². The molecule has 0 aliphatic heterocycles. The molecule has 11 heteroatoms. The maximum Gasteiger partial charge on any atom is 0.420 e. The number of nitrogens with zero attached hydrogens (tertiary/aromatic N) is 1. The molecule has 0 atom stereocenters. The molecule has 0 aliphatic carbocycles. The largest absolute Gasteiger partial charge is 0.420 e. The number of rotatable bonds is 4. The Morgan fingerprint density at radius 2 is 1.75 bits per heavy atom. The Morgan fingerprint density at radius 1 is 1.12 bits per heavy atom. The van der Waals surface area contributed by atoms with Crippen LogP contribution in [0.1, 0.15) is 5.56 Å². The molecule has 0 amide bonds. The number of benzene rings is 2. The third-order valence-corrected chi connectivity index (χ3v) is 4.56. The highest BCUT2D eigenvalue weighted by atomic mass is 79.9. The Kier molecular flexibility index (Phi) is 4.85. The highest BCUT2D eigenvalue weighted by Gasteiger charge is 2.36. The summed E-state index contributed by atoms with van der Waals surface area (Å²) < 4.78 is 67.8. The van der Waals surface area contributed by atoms with Gasteiger partial charge in [0, 0.05) is 10.5 Å². The van der Waals surface area contributed by atoms with Crippen LogP contribution in [0.5, 0.6) is 5.75 Å². The van der Waals surface area contributed by atoms with Crippen LogP contribution < -0.4 is 4.18 Å². The Bertz CT molecular complexity index is 899. The molecule has 0 spiro atoms. The third-order valence-electron chi connectivity index (χ3n) is 2.78. The van der Waals surface area contributed by atoms with Gasteiger partial charge in [-0.1, -0.05) is 28.1 Å². The smallest absolute Gasteiger partial charge is 0.378 e. The van der Waals surface area contributed by atoms with Crippen molar-refractivity contribution in [1.82, 2.24) is 0 Å². The van der Waals surface area contributed by atoms with Crippen LogP contribution in [0.3, 0.4) is 0 Å². The van der Waals surface area contributed by atoms with Crippen LogP contribution in [0.4, 0.5) is 18.9 Å². The van der Waals surface area contributed by atoms with Crippen LogP contribution in [0.2, 0.25) is 0 Å². The normalized spacial score (nSPS) is 12.0. The minimum Gasteiger partial charge on any atom is -0.378 e. The van der Waals surface area contributed by atoms with E-state index < -0.39 is 43.1 Å². The van der Waals surface area contributed by atoms with Gasteiger partial charge in [-0.15, -0.1) is 0 Å². The van der Waals surface area contributed by atoms with Crippen LogP contribution >= 0.6 is 15.9 Å². The van der Waals surface area contributed by atoms with Gasteiger partial charge in [0.05, 0.1) is 10.5 Å². The Labute approximate surface area is 142 Å².